The summed E-state index contributed by atoms with van der Waals surface area (Å²) in [5.41, 5.74) is 0. The largest absolute Gasteiger partial charge is 0.381 e. The van der Waals surface area contributed by atoms with E-state index in [9.17, 15) is 0 Å². The van der Waals surface area contributed by atoms with Gasteiger partial charge in [-0.15, -0.1) is 10.2 Å². The molecule has 0 amide bonds. The fraction of sp³-hybridized carbons (Fsp3) is 0.818. The zero-order chi connectivity index (χ0) is 10.8. The van der Waals surface area contributed by atoms with Crippen molar-refractivity contribution < 1.29 is 4.74 Å². The number of hydrogen-bond donors (Lipinski definition) is 1. The maximum atomic E-state index is 5.39. The molecule has 2 saturated heterocycles. The predicted molar refractivity (Wildman–Crippen MR) is 59.2 cm³/mol. The summed E-state index contributed by atoms with van der Waals surface area (Å²) in [7, 11) is 0. The van der Waals surface area contributed by atoms with E-state index in [-0.39, 0.29) is 0 Å². The fourth-order valence-electron chi connectivity index (χ4n) is 2.43. The van der Waals surface area contributed by atoms with Crippen LogP contribution in [-0.4, -0.2) is 41.1 Å². The van der Waals surface area contributed by atoms with Crippen molar-refractivity contribution in [3.8, 4) is 0 Å². The van der Waals surface area contributed by atoms with E-state index >= 15 is 0 Å². The summed E-state index contributed by atoms with van der Waals surface area (Å²) < 4.78 is 7.65. The normalized spacial score (nSPS) is 23.2. The molecule has 2 aliphatic rings. The maximum absolute atomic E-state index is 5.39. The molecule has 2 fully saturated rings. The van der Waals surface area contributed by atoms with Gasteiger partial charge in [-0.2, -0.15) is 0 Å². The van der Waals surface area contributed by atoms with Crippen LogP contribution in [0.15, 0.2) is 6.33 Å². The van der Waals surface area contributed by atoms with Crippen molar-refractivity contribution in [2.45, 2.75) is 25.3 Å². The van der Waals surface area contributed by atoms with E-state index in [4.69, 9.17) is 4.74 Å². The quantitative estimate of drug-likeness (QED) is 0.804. The monoisotopic (exact) mass is 222 g/mol. The summed E-state index contributed by atoms with van der Waals surface area (Å²) in [5, 5.41) is 11.6. The van der Waals surface area contributed by atoms with Crippen LogP contribution in [0.2, 0.25) is 0 Å². The zero-order valence-electron chi connectivity index (χ0n) is 9.43. The average molecular weight is 222 g/mol. The van der Waals surface area contributed by atoms with E-state index in [0.29, 0.717) is 6.04 Å². The number of aromatic nitrogens is 3. The van der Waals surface area contributed by atoms with E-state index in [1.807, 2.05) is 6.33 Å². The lowest BCUT2D eigenvalue weighted by Gasteiger charge is -2.28. The molecule has 0 spiro atoms. The Kier molecular flexibility index (Phi) is 2.88. The fourth-order valence-corrected chi connectivity index (χ4v) is 2.43. The lowest BCUT2D eigenvalue weighted by atomic mass is 9.98. The summed E-state index contributed by atoms with van der Waals surface area (Å²) in [6, 6.07) is 0.548. The van der Waals surface area contributed by atoms with E-state index < -0.39 is 0 Å². The van der Waals surface area contributed by atoms with Crippen molar-refractivity contribution in [3.05, 3.63) is 12.2 Å². The first-order valence-corrected chi connectivity index (χ1v) is 6.10. The van der Waals surface area contributed by atoms with Gasteiger partial charge in [-0.1, -0.05) is 0 Å². The van der Waals surface area contributed by atoms with Crippen molar-refractivity contribution in [2.75, 3.05) is 26.3 Å². The molecule has 0 aliphatic carbocycles. The first-order valence-electron chi connectivity index (χ1n) is 6.10. The number of ether oxygens (including phenoxy) is 1. The second kappa shape index (κ2) is 4.51. The third-order valence-electron chi connectivity index (χ3n) is 3.57. The average Bonchev–Trinajstić information content (AvgIpc) is 2.73. The van der Waals surface area contributed by atoms with Crippen LogP contribution >= 0.6 is 0 Å². The summed E-state index contributed by atoms with van der Waals surface area (Å²) in [4.78, 5) is 0. The smallest absolute Gasteiger partial charge is 0.133 e. The van der Waals surface area contributed by atoms with Crippen LogP contribution in [-0.2, 0) is 11.2 Å². The number of nitrogens with zero attached hydrogens (tertiary/aromatic N) is 3. The molecule has 5 heteroatoms. The molecule has 0 saturated carbocycles. The van der Waals surface area contributed by atoms with Gasteiger partial charge in [0.15, 0.2) is 0 Å². The Morgan fingerprint density at radius 1 is 1.38 bits per heavy atom. The van der Waals surface area contributed by atoms with E-state index in [2.05, 4.69) is 20.1 Å². The van der Waals surface area contributed by atoms with E-state index in [1.54, 1.807) is 0 Å². The molecule has 3 heterocycles. The third kappa shape index (κ3) is 1.97. The third-order valence-corrected chi connectivity index (χ3v) is 3.57. The van der Waals surface area contributed by atoms with Gasteiger partial charge in [-0.25, -0.2) is 0 Å². The molecule has 1 N–H and O–H groups in total. The second-order valence-electron chi connectivity index (χ2n) is 4.73. The van der Waals surface area contributed by atoms with Gasteiger partial charge in [-0.3, -0.25) is 0 Å². The van der Waals surface area contributed by atoms with Crippen LogP contribution < -0.4 is 5.32 Å². The number of nitrogens with one attached hydrogen (secondary N) is 1. The van der Waals surface area contributed by atoms with E-state index in [0.717, 1.165) is 57.3 Å². The van der Waals surface area contributed by atoms with Crippen LogP contribution in [0.3, 0.4) is 0 Å². The summed E-state index contributed by atoms with van der Waals surface area (Å²) in [6.45, 7) is 3.99. The van der Waals surface area contributed by atoms with Crippen LogP contribution in [0.1, 0.15) is 24.7 Å². The summed E-state index contributed by atoms with van der Waals surface area (Å²) >= 11 is 0. The predicted octanol–water partition coefficient (Wildman–Crippen LogP) is 0.391. The molecular weight excluding hydrogens is 204 g/mol. The minimum absolute atomic E-state index is 0.548. The molecule has 2 aliphatic heterocycles. The molecule has 3 rings (SSSR count). The summed E-state index contributed by atoms with van der Waals surface area (Å²) in [5.74, 6) is 1.90. The Morgan fingerprint density at radius 3 is 2.88 bits per heavy atom. The SMILES string of the molecule is c1nnc(CC2CNC2)n1C1CCOCC1. The molecule has 0 unspecified atom stereocenters. The Hall–Kier alpha value is -0.940. The van der Waals surface area contributed by atoms with Gasteiger partial charge >= 0.3 is 0 Å². The molecule has 0 radical (unpaired) electrons. The molecule has 5 nitrogen and oxygen atoms in total. The van der Waals surface area contributed by atoms with Gasteiger partial charge in [0.05, 0.1) is 0 Å². The molecular formula is C11H18N4O. The van der Waals surface area contributed by atoms with Crippen LogP contribution in [0, 0.1) is 5.92 Å². The Balaban J connectivity index is 1.70. The minimum Gasteiger partial charge on any atom is -0.381 e. The van der Waals surface area contributed by atoms with Gasteiger partial charge in [0.25, 0.3) is 0 Å². The topological polar surface area (TPSA) is 52.0 Å². The van der Waals surface area contributed by atoms with Gasteiger partial charge in [0.1, 0.15) is 12.2 Å². The molecule has 0 atom stereocenters. The molecule has 0 bridgehead atoms. The lowest BCUT2D eigenvalue weighted by molar-refractivity contribution is 0.0684. The first kappa shape index (κ1) is 10.2. The van der Waals surface area contributed by atoms with Crippen molar-refractivity contribution in [1.82, 2.24) is 20.1 Å². The second-order valence-corrected chi connectivity index (χ2v) is 4.73. The highest BCUT2D eigenvalue weighted by Gasteiger charge is 2.23. The molecule has 1 aromatic rings. The standard InChI is InChI=1S/C11H18N4O/c1-3-16-4-2-10(1)15-8-13-14-11(15)5-9-6-12-7-9/h8-10,12H,1-7H2. The van der Waals surface area contributed by atoms with Gasteiger partial charge in [0, 0.05) is 25.7 Å². The minimum atomic E-state index is 0.548. The molecule has 1 aromatic heterocycles. The van der Waals surface area contributed by atoms with Crippen LogP contribution in [0.4, 0.5) is 0 Å². The number of rotatable bonds is 3. The summed E-state index contributed by atoms with van der Waals surface area (Å²) in [6.07, 6.45) is 5.13. The van der Waals surface area contributed by atoms with Crippen molar-refractivity contribution in [1.29, 1.82) is 0 Å². The highest BCUT2D eigenvalue weighted by atomic mass is 16.5. The van der Waals surface area contributed by atoms with Gasteiger partial charge in [-0.05, 0) is 31.8 Å². The van der Waals surface area contributed by atoms with Crippen molar-refractivity contribution in [3.63, 3.8) is 0 Å². The van der Waals surface area contributed by atoms with Gasteiger partial charge in [0.2, 0.25) is 0 Å². The Labute approximate surface area is 95.2 Å². The Bertz CT molecular complexity index is 342. The first-order chi connectivity index (χ1) is 7.93. The Morgan fingerprint density at radius 2 is 2.19 bits per heavy atom. The zero-order valence-corrected chi connectivity index (χ0v) is 9.43. The molecule has 88 valence electrons. The highest BCUT2D eigenvalue weighted by molar-refractivity contribution is 4.95. The lowest BCUT2D eigenvalue weighted by Crippen LogP contribution is -2.43. The van der Waals surface area contributed by atoms with Crippen LogP contribution in [0.5, 0.6) is 0 Å². The van der Waals surface area contributed by atoms with Crippen molar-refractivity contribution >= 4 is 0 Å². The van der Waals surface area contributed by atoms with Gasteiger partial charge < -0.3 is 14.6 Å². The molecule has 0 aromatic carbocycles. The highest BCUT2D eigenvalue weighted by Crippen LogP contribution is 2.23. The van der Waals surface area contributed by atoms with Crippen LogP contribution in [0.25, 0.3) is 0 Å². The maximum Gasteiger partial charge on any atom is 0.133 e. The molecule has 16 heavy (non-hydrogen) atoms. The van der Waals surface area contributed by atoms with Crippen molar-refractivity contribution in [2.24, 2.45) is 5.92 Å². The van der Waals surface area contributed by atoms with E-state index in [1.165, 1.54) is 0 Å². The number of hydrogen-bond acceptors (Lipinski definition) is 4.